The van der Waals surface area contributed by atoms with E-state index in [1.807, 2.05) is 29.2 Å². The van der Waals surface area contributed by atoms with E-state index in [1.54, 1.807) is 50.6 Å². The number of piperazine rings is 1. The fourth-order valence-electron chi connectivity index (χ4n) is 4.35. The summed E-state index contributed by atoms with van der Waals surface area (Å²) >= 11 is 5.33. The molecule has 0 radical (unpaired) electrons. The first kappa shape index (κ1) is 28.5. The van der Waals surface area contributed by atoms with Gasteiger partial charge in [-0.25, -0.2) is 0 Å². The third-order valence-corrected chi connectivity index (χ3v) is 6.73. The number of rotatable bonds is 8. The van der Waals surface area contributed by atoms with Gasteiger partial charge in [-0.15, -0.1) is 0 Å². The van der Waals surface area contributed by atoms with E-state index in [0.717, 1.165) is 11.4 Å². The van der Waals surface area contributed by atoms with Crippen LogP contribution in [0.3, 0.4) is 0 Å². The molecule has 3 aromatic rings. The van der Waals surface area contributed by atoms with E-state index in [0.29, 0.717) is 60.3 Å². The Hall–Kier alpha value is -4.51. The zero-order valence-electron chi connectivity index (χ0n) is 22.9. The lowest BCUT2D eigenvalue weighted by molar-refractivity contribution is 0.0745. The molecule has 0 spiro atoms. The summed E-state index contributed by atoms with van der Waals surface area (Å²) < 4.78 is 21.1. The summed E-state index contributed by atoms with van der Waals surface area (Å²) in [5.74, 6) is 1.72. The lowest BCUT2D eigenvalue weighted by atomic mass is 10.1. The molecule has 2 amide bonds. The van der Waals surface area contributed by atoms with Gasteiger partial charge in [0.05, 0.1) is 28.4 Å². The molecule has 0 aliphatic carbocycles. The maximum Gasteiger partial charge on any atom is 0.257 e. The summed E-state index contributed by atoms with van der Waals surface area (Å²) in [6.45, 7) is 2.56. The van der Waals surface area contributed by atoms with E-state index in [1.165, 1.54) is 14.2 Å². The number of hydrogen-bond acceptors (Lipinski definition) is 8. The minimum atomic E-state index is -0.366. The summed E-state index contributed by atoms with van der Waals surface area (Å²) in [6.07, 6.45) is 0. The van der Waals surface area contributed by atoms with Gasteiger partial charge in [0, 0.05) is 54.7 Å². The van der Waals surface area contributed by atoms with Crippen molar-refractivity contribution >= 4 is 40.5 Å². The molecule has 0 aromatic heterocycles. The Balaban J connectivity index is 1.30. The van der Waals surface area contributed by atoms with Crippen LogP contribution in [0.2, 0.25) is 0 Å². The van der Waals surface area contributed by atoms with Crippen LogP contribution < -0.4 is 34.5 Å². The van der Waals surface area contributed by atoms with Crippen LogP contribution >= 0.6 is 12.2 Å². The number of hydrogen-bond donors (Lipinski definition) is 2. The summed E-state index contributed by atoms with van der Waals surface area (Å²) in [7, 11) is 6.16. The third kappa shape index (κ3) is 6.73. The second-order valence-electron chi connectivity index (χ2n) is 8.91. The largest absolute Gasteiger partial charge is 0.497 e. The quantitative estimate of drug-likeness (QED) is 0.396. The molecule has 40 heavy (non-hydrogen) atoms. The van der Waals surface area contributed by atoms with Crippen LogP contribution in [-0.2, 0) is 0 Å². The van der Waals surface area contributed by atoms with Crippen LogP contribution in [0.15, 0.2) is 60.7 Å². The van der Waals surface area contributed by atoms with Crippen LogP contribution in [0.1, 0.15) is 20.7 Å². The second kappa shape index (κ2) is 13.0. The fraction of sp³-hybridized carbons (Fsp3) is 0.276. The zero-order valence-corrected chi connectivity index (χ0v) is 23.7. The molecule has 2 N–H and O–H groups in total. The number of benzene rings is 3. The van der Waals surface area contributed by atoms with Gasteiger partial charge in [0.15, 0.2) is 16.6 Å². The predicted molar refractivity (Wildman–Crippen MR) is 157 cm³/mol. The van der Waals surface area contributed by atoms with Gasteiger partial charge < -0.3 is 34.1 Å². The molecule has 1 heterocycles. The van der Waals surface area contributed by atoms with Crippen LogP contribution in [0.5, 0.6) is 23.0 Å². The first-order valence-electron chi connectivity index (χ1n) is 12.6. The molecule has 1 aliphatic rings. The van der Waals surface area contributed by atoms with Gasteiger partial charge in [0.2, 0.25) is 0 Å². The van der Waals surface area contributed by atoms with Crippen LogP contribution in [0, 0.1) is 0 Å². The number of thiocarbonyl (C=S) groups is 1. The maximum atomic E-state index is 13.1. The van der Waals surface area contributed by atoms with E-state index in [-0.39, 0.29) is 16.9 Å². The number of ether oxygens (including phenoxy) is 4. The lowest BCUT2D eigenvalue weighted by Crippen LogP contribution is -2.48. The zero-order chi connectivity index (χ0) is 28.6. The predicted octanol–water partition coefficient (Wildman–Crippen LogP) is 3.81. The minimum Gasteiger partial charge on any atom is -0.497 e. The van der Waals surface area contributed by atoms with E-state index in [4.69, 9.17) is 31.2 Å². The van der Waals surface area contributed by atoms with Crippen molar-refractivity contribution in [1.29, 1.82) is 0 Å². The minimum absolute atomic E-state index is 0.0555. The highest BCUT2D eigenvalue weighted by molar-refractivity contribution is 7.80. The molecular formula is C29H32N4O6S. The smallest absolute Gasteiger partial charge is 0.257 e. The number of carbonyl (C=O) groups is 2. The van der Waals surface area contributed by atoms with Crippen molar-refractivity contribution < 1.29 is 28.5 Å². The van der Waals surface area contributed by atoms with Crippen molar-refractivity contribution in [3.05, 3.63) is 71.8 Å². The number of nitrogens with zero attached hydrogens (tertiary/aromatic N) is 2. The Bertz CT molecular complexity index is 1350. The number of nitrogens with one attached hydrogen (secondary N) is 2. The van der Waals surface area contributed by atoms with E-state index in [9.17, 15) is 9.59 Å². The van der Waals surface area contributed by atoms with Crippen LogP contribution in [-0.4, -0.2) is 76.4 Å². The van der Waals surface area contributed by atoms with Gasteiger partial charge in [0.25, 0.3) is 11.8 Å². The SMILES string of the molecule is COc1cc(OC)cc(C(=O)N2CCN(c3ccc(NC(=S)NC(=O)c4ccc(OC)c(OC)c4)cc3)CC2)c1. The Kier molecular flexibility index (Phi) is 9.28. The average Bonchev–Trinajstić information content (AvgIpc) is 3.00. The summed E-state index contributed by atoms with van der Waals surface area (Å²) in [5.41, 5.74) is 2.69. The van der Waals surface area contributed by atoms with E-state index < -0.39 is 0 Å². The van der Waals surface area contributed by atoms with Gasteiger partial charge in [-0.1, -0.05) is 0 Å². The lowest BCUT2D eigenvalue weighted by Gasteiger charge is -2.36. The number of methoxy groups -OCH3 is 4. The topological polar surface area (TPSA) is 102 Å². The van der Waals surface area contributed by atoms with Crippen molar-refractivity contribution in [2.24, 2.45) is 0 Å². The van der Waals surface area contributed by atoms with E-state index >= 15 is 0 Å². The van der Waals surface area contributed by atoms with Crippen molar-refractivity contribution in [2.75, 3.05) is 64.8 Å². The molecule has 10 nitrogen and oxygen atoms in total. The standard InChI is InChI=1S/C29H32N4O6S/c1-36-23-15-20(16-24(18-23)37-2)28(35)33-13-11-32(12-14-33)22-8-6-21(7-9-22)30-29(40)31-27(34)19-5-10-25(38-3)26(17-19)39-4/h5-10,15-18H,11-14H2,1-4H3,(H2,30,31,34,40). The summed E-state index contributed by atoms with van der Waals surface area (Å²) in [4.78, 5) is 29.8. The highest BCUT2D eigenvalue weighted by Gasteiger charge is 2.23. The van der Waals surface area contributed by atoms with Gasteiger partial charge in [-0.3, -0.25) is 14.9 Å². The van der Waals surface area contributed by atoms with Crippen molar-refractivity contribution in [2.45, 2.75) is 0 Å². The monoisotopic (exact) mass is 564 g/mol. The molecule has 0 unspecified atom stereocenters. The van der Waals surface area contributed by atoms with Gasteiger partial charge in [-0.2, -0.15) is 0 Å². The van der Waals surface area contributed by atoms with Gasteiger partial charge in [-0.05, 0) is 66.8 Å². The van der Waals surface area contributed by atoms with E-state index in [2.05, 4.69) is 15.5 Å². The van der Waals surface area contributed by atoms with Crippen LogP contribution in [0.25, 0.3) is 0 Å². The molecule has 210 valence electrons. The molecule has 0 bridgehead atoms. The Morgan fingerprint density at radius 2 is 1.35 bits per heavy atom. The van der Waals surface area contributed by atoms with Crippen molar-refractivity contribution in [3.8, 4) is 23.0 Å². The molecule has 3 aromatic carbocycles. The van der Waals surface area contributed by atoms with Crippen molar-refractivity contribution in [3.63, 3.8) is 0 Å². The Labute approximate surface area is 238 Å². The third-order valence-electron chi connectivity index (χ3n) is 6.53. The first-order chi connectivity index (χ1) is 19.3. The highest BCUT2D eigenvalue weighted by atomic mass is 32.1. The molecule has 1 aliphatic heterocycles. The number of anilines is 2. The number of amides is 2. The van der Waals surface area contributed by atoms with Gasteiger partial charge in [0.1, 0.15) is 11.5 Å². The normalized spacial score (nSPS) is 12.8. The second-order valence-corrected chi connectivity index (χ2v) is 9.31. The maximum absolute atomic E-state index is 13.1. The molecule has 4 rings (SSSR count). The molecule has 0 saturated carbocycles. The van der Waals surface area contributed by atoms with Crippen molar-refractivity contribution in [1.82, 2.24) is 10.2 Å². The Morgan fingerprint density at radius 1 is 0.725 bits per heavy atom. The molecular weight excluding hydrogens is 532 g/mol. The molecule has 0 atom stereocenters. The number of carbonyl (C=O) groups excluding carboxylic acids is 2. The Morgan fingerprint density at radius 3 is 1.93 bits per heavy atom. The first-order valence-corrected chi connectivity index (χ1v) is 13.0. The van der Waals surface area contributed by atoms with Crippen LogP contribution in [0.4, 0.5) is 11.4 Å². The molecule has 11 heteroatoms. The van der Waals surface area contributed by atoms with Gasteiger partial charge >= 0.3 is 0 Å². The summed E-state index contributed by atoms with van der Waals surface area (Å²) in [6, 6.07) is 17.8. The highest BCUT2D eigenvalue weighted by Crippen LogP contribution is 2.28. The molecule has 1 fully saturated rings. The fourth-order valence-corrected chi connectivity index (χ4v) is 4.56. The average molecular weight is 565 g/mol. The molecule has 1 saturated heterocycles. The summed E-state index contributed by atoms with van der Waals surface area (Å²) in [5, 5.41) is 5.89.